The van der Waals surface area contributed by atoms with Crippen LogP contribution in [-0.4, -0.2) is 42.9 Å². The van der Waals surface area contributed by atoms with Crippen molar-refractivity contribution in [1.82, 2.24) is 15.5 Å². The molecular weight excluding hydrogens is 302 g/mol. The Balaban J connectivity index is 2.10. The van der Waals surface area contributed by atoms with E-state index < -0.39 is 6.04 Å². The van der Waals surface area contributed by atoms with Crippen molar-refractivity contribution in [1.29, 1.82) is 0 Å². The van der Waals surface area contributed by atoms with Crippen LogP contribution < -0.4 is 10.6 Å². The smallest absolute Gasteiger partial charge is 0.249 e. The Kier molecular flexibility index (Phi) is 6.79. The van der Waals surface area contributed by atoms with E-state index in [1.807, 2.05) is 56.1 Å². The molecule has 1 unspecified atom stereocenters. The number of rotatable bonds is 6. The topological polar surface area (TPSA) is 61.4 Å². The summed E-state index contributed by atoms with van der Waals surface area (Å²) in [6, 6.07) is 9.40. The normalized spacial score (nSPS) is 16.9. The van der Waals surface area contributed by atoms with E-state index in [9.17, 15) is 9.59 Å². The monoisotopic (exact) mass is 331 g/mol. The van der Waals surface area contributed by atoms with Crippen LogP contribution in [-0.2, 0) is 9.59 Å². The zero-order valence-electron chi connectivity index (χ0n) is 14.9. The number of likely N-dealkylation sites (tertiary alicyclic amines) is 1. The Morgan fingerprint density at radius 2 is 1.79 bits per heavy atom. The van der Waals surface area contributed by atoms with Crippen molar-refractivity contribution in [2.75, 3.05) is 20.1 Å². The largest absolute Gasteiger partial charge is 0.341 e. The molecular formula is C19H29N3O2. The third-order valence-electron chi connectivity index (χ3n) is 4.49. The highest BCUT2D eigenvalue weighted by atomic mass is 16.2. The van der Waals surface area contributed by atoms with E-state index in [2.05, 4.69) is 10.6 Å². The molecule has 0 saturated carbocycles. The van der Waals surface area contributed by atoms with Crippen LogP contribution in [0.4, 0.5) is 0 Å². The summed E-state index contributed by atoms with van der Waals surface area (Å²) in [4.78, 5) is 27.1. The number of amides is 2. The molecule has 0 aromatic heterocycles. The van der Waals surface area contributed by atoms with E-state index in [0.29, 0.717) is 12.5 Å². The van der Waals surface area contributed by atoms with Crippen LogP contribution in [0.15, 0.2) is 30.3 Å². The van der Waals surface area contributed by atoms with E-state index in [1.165, 1.54) is 0 Å². The summed E-state index contributed by atoms with van der Waals surface area (Å²) in [5.74, 6) is 0.188. The predicted molar refractivity (Wildman–Crippen MR) is 95.4 cm³/mol. The first-order valence-electron chi connectivity index (χ1n) is 8.81. The lowest BCUT2D eigenvalue weighted by molar-refractivity contribution is -0.137. The minimum Gasteiger partial charge on any atom is -0.341 e. The third-order valence-corrected chi connectivity index (χ3v) is 4.49. The summed E-state index contributed by atoms with van der Waals surface area (Å²) in [5.41, 5.74) is 0.843. The Bertz CT molecular complexity index is 537. The standard InChI is InChI=1S/C19H29N3O2/c1-14(2)13-17(23)21-18(15-7-5-4-6-8-15)19(24)22-11-9-16(20-3)10-12-22/h4-8,14,16,18,20H,9-13H2,1-3H3,(H,21,23). The maximum absolute atomic E-state index is 13.0. The lowest BCUT2D eigenvalue weighted by Crippen LogP contribution is -2.48. The van der Waals surface area contributed by atoms with Gasteiger partial charge in [0.05, 0.1) is 0 Å². The van der Waals surface area contributed by atoms with Gasteiger partial charge in [-0.2, -0.15) is 0 Å². The second-order valence-corrected chi connectivity index (χ2v) is 6.90. The van der Waals surface area contributed by atoms with Crippen LogP contribution >= 0.6 is 0 Å². The number of hydrogen-bond acceptors (Lipinski definition) is 3. The number of nitrogens with zero attached hydrogens (tertiary/aromatic N) is 1. The van der Waals surface area contributed by atoms with Gasteiger partial charge >= 0.3 is 0 Å². The minimum absolute atomic E-state index is 0.00661. The van der Waals surface area contributed by atoms with E-state index in [4.69, 9.17) is 0 Å². The molecule has 1 aromatic rings. The van der Waals surface area contributed by atoms with Crippen LogP contribution in [0, 0.1) is 5.92 Å². The summed E-state index contributed by atoms with van der Waals surface area (Å²) in [7, 11) is 1.96. The summed E-state index contributed by atoms with van der Waals surface area (Å²) in [5, 5.41) is 6.21. The Labute approximate surface area is 144 Å². The maximum atomic E-state index is 13.0. The molecule has 1 aromatic carbocycles. The first kappa shape index (κ1) is 18.5. The molecule has 132 valence electrons. The van der Waals surface area contributed by atoms with Crippen molar-refractivity contribution in [3.05, 3.63) is 35.9 Å². The molecule has 1 saturated heterocycles. The molecule has 2 N–H and O–H groups in total. The highest BCUT2D eigenvalue weighted by molar-refractivity contribution is 5.88. The van der Waals surface area contributed by atoms with Gasteiger partial charge < -0.3 is 15.5 Å². The fraction of sp³-hybridized carbons (Fsp3) is 0.579. The van der Waals surface area contributed by atoms with E-state index in [0.717, 1.165) is 31.5 Å². The fourth-order valence-electron chi connectivity index (χ4n) is 3.09. The lowest BCUT2D eigenvalue weighted by Gasteiger charge is -2.34. The average Bonchev–Trinajstić information content (AvgIpc) is 2.59. The summed E-state index contributed by atoms with van der Waals surface area (Å²) in [6.45, 7) is 5.46. The highest BCUT2D eigenvalue weighted by Crippen LogP contribution is 2.20. The van der Waals surface area contributed by atoms with Crippen LogP contribution in [0.3, 0.4) is 0 Å². The van der Waals surface area contributed by atoms with Gasteiger partial charge in [-0.3, -0.25) is 9.59 Å². The molecule has 1 atom stereocenters. The van der Waals surface area contributed by atoms with Gasteiger partial charge in [-0.25, -0.2) is 0 Å². The van der Waals surface area contributed by atoms with Crippen LogP contribution in [0.5, 0.6) is 0 Å². The molecule has 1 heterocycles. The lowest BCUT2D eigenvalue weighted by atomic mass is 10.0. The van der Waals surface area contributed by atoms with Gasteiger partial charge in [-0.1, -0.05) is 44.2 Å². The molecule has 2 amide bonds. The summed E-state index contributed by atoms with van der Waals surface area (Å²) >= 11 is 0. The molecule has 24 heavy (non-hydrogen) atoms. The van der Waals surface area contributed by atoms with Crippen LogP contribution in [0.1, 0.15) is 44.7 Å². The molecule has 0 spiro atoms. The average molecular weight is 331 g/mol. The molecule has 1 aliphatic rings. The fourth-order valence-corrected chi connectivity index (χ4v) is 3.09. The number of carbonyl (C=O) groups excluding carboxylic acids is 2. The highest BCUT2D eigenvalue weighted by Gasteiger charge is 2.30. The quantitative estimate of drug-likeness (QED) is 0.839. The van der Waals surface area contributed by atoms with Crippen LogP contribution in [0.2, 0.25) is 0 Å². The SMILES string of the molecule is CNC1CCN(C(=O)C(NC(=O)CC(C)C)c2ccccc2)CC1. The van der Waals surface area contributed by atoms with Crippen molar-refractivity contribution in [2.45, 2.75) is 45.2 Å². The van der Waals surface area contributed by atoms with Gasteiger partial charge in [0, 0.05) is 25.6 Å². The molecule has 0 bridgehead atoms. The van der Waals surface area contributed by atoms with Crippen molar-refractivity contribution in [3.63, 3.8) is 0 Å². The number of benzene rings is 1. The molecule has 0 aliphatic carbocycles. The zero-order chi connectivity index (χ0) is 17.5. The second-order valence-electron chi connectivity index (χ2n) is 6.90. The van der Waals surface area contributed by atoms with Crippen molar-refractivity contribution >= 4 is 11.8 Å². The van der Waals surface area contributed by atoms with Gasteiger partial charge in [-0.05, 0) is 31.4 Å². The molecule has 1 aliphatic heterocycles. The molecule has 2 rings (SSSR count). The molecule has 1 fully saturated rings. The van der Waals surface area contributed by atoms with Gasteiger partial charge in [0.25, 0.3) is 0 Å². The summed E-state index contributed by atoms with van der Waals surface area (Å²) in [6.07, 6.45) is 2.33. The Morgan fingerprint density at radius 3 is 2.33 bits per heavy atom. The number of nitrogens with one attached hydrogen (secondary N) is 2. The summed E-state index contributed by atoms with van der Waals surface area (Å²) < 4.78 is 0. The zero-order valence-corrected chi connectivity index (χ0v) is 14.9. The van der Waals surface area contributed by atoms with E-state index >= 15 is 0 Å². The van der Waals surface area contributed by atoms with Gasteiger partial charge in [0.2, 0.25) is 11.8 Å². The molecule has 0 radical (unpaired) electrons. The van der Waals surface area contributed by atoms with Gasteiger partial charge in [0.15, 0.2) is 0 Å². The minimum atomic E-state index is -0.594. The predicted octanol–water partition coefficient (Wildman–Crippen LogP) is 2.10. The van der Waals surface area contributed by atoms with Gasteiger partial charge in [-0.15, -0.1) is 0 Å². The number of piperidine rings is 1. The number of hydrogen-bond donors (Lipinski definition) is 2. The molecule has 5 heteroatoms. The first-order chi connectivity index (χ1) is 11.5. The molecule has 5 nitrogen and oxygen atoms in total. The van der Waals surface area contributed by atoms with Crippen LogP contribution in [0.25, 0.3) is 0 Å². The van der Waals surface area contributed by atoms with E-state index in [1.54, 1.807) is 0 Å². The van der Waals surface area contributed by atoms with Crippen molar-refractivity contribution in [3.8, 4) is 0 Å². The first-order valence-corrected chi connectivity index (χ1v) is 8.81. The van der Waals surface area contributed by atoms with Crippen molar-refractivity contribution < 1.29 is 9.59 Å². The Hall–Kier alpha value is -1.88. The van der Waals surface area contributed by atoms with Crippen molar-refractivity contribution in [2.24, 2.45) is 5.92 Å². The second kappa shape index (κ2) is 8.83. The van der Waals surface area contributed by atoms with Gasteiger partial charge in [0.1, 0.15) is 6.04 Å². The third kappa shape index (κ3) is 5.06. The maximum Gasteiger partial charge on any atom is 0.249 e. The Morgan fingerprint density at radius 1 is 1.17 bits per heavy atom. The van der Waals surface area contributed by atoms with E-state index in [-0.39, 0.29) is 17.7 Å². The number of carbonyl (C=O) groups is 2.